The Bertz CT molecular complexity index is 1030. The summed E-state index contributed by atoms with van der Waals surface area (Å²) < 4.78 is 1.98. The first-order chi connectivity index (χ1) is 11.2. The van der Waals surface area contributed by atoms with E-state index in [4.69, 9.17) is 5.10 Å². The molecule has 114 valence electrons. The minimum absolute atomic E-state index is 0.642. The van der Waals surface area contributed by atoms with Gasteiger partial charge in [0.1, 0.15) is 0 Å². The van der Waals surface area contributed by atoms with Gasteiger partial charge in [0.05, 0.1) is 28.1 Å². The summed E-state index contributed by atoms with van der Waals surface area (Å²) in [6.07, 6.45) is 0. The number of nitrogens with zero attached hydrogens (tertiary/aromatic N) is 4. The Kier molecular flexibility index (Phi) is 3.01. The molecule has 0 aliphatic carbocycles. The maximum absolute atomic E-state index is 4.69. The summed E-state index contributed by atoms with van der Waals surface area (Å²) in [6, 6.07) is 14.4. The summed E-state index contributed by atoms with van der Waals surface area (Å²) >= 11 is 0. The molecule has 5 heteroatoms. The second-order valence-corrected chi connectivity index (χ2v) is 5.60. The average Bonchev–Trinajstić information content (AvgIpc) is 2.92. The highest BCUT2D eigenvalue weighted by Crippen LogP contribution is 2.25. The van der Waals surface area contributed by atoms with Crippen LogP contribution in [0.15, 0.2) is 42.5 Å². The third kappa shape index (κ3) is 2.12. The molecule has 1 N–H and O–H groups in total. The number of benzene rings is 2. The summed E-state index contributed by atoms with van der Waals surface area (Å²) in [4.78, 5) is 8.98. The number of para-hydroxylation sites is 1. The summed E-state index contributed by atoms with van der Waals surface area (Å²) in [5.74, 6) is 0.642. The van der Waals surface area contributed by atoms with Crippen LogP contribution in [0.2, 0.25) is 0 Å². The molecule has 4 rings (SSSR count). The van der Waals surface area contributed by atoms with Crippen LogP contribution >= 0.6 is 0 Å². The summed E-state index contributed by atoms with van der Waals surface area (Å²) in [6.45, 7) is 4.04. The Labute approximate surface area is 134 Å². The van der Waals surface area contributed by atoms with Gasteiger partial charge in [-0.15, -0.1) is 0 Å². The van der Waals surface area contributed by atoms with E-state index < -0.39 is 0 Å². The van der Waals surface area contributed by atoms with Crippen LogP contribution in [0.4, 0.5) is 5.95 Å². The molecule has 0 unspecified atom stereocenters. The van der Waals surface area contributed by atoms with Crippen LogP contribution in [0.5, 0.6) is 0 Å². The lowest BCUT2D eigenvalue weighted by molar-refractivity contribution is 0.890. The van der Waals surface area contributed by atoms with Crippen LogP contribution in [0.1, 0.15) is 11.4 Å². The van der Waals surface area contributed by atoms with Gasteiger partial charge in [-0.3, -0.25) is 0 Å². The molecule has 2 heterocycles. The lowest BCUT2D eigenvalue weighted by Crippen LogP contribution is -2.01. The van der Waals surface area contributed by atoms with Crippen molar-refractivity contribution in [3.63, 3.8) is 0 Å². The smallest absolute Gasteiger partial charge is 0.223 e. The molecule has 0 saturated carbocycles. The molecule has 4 aromatic rings. The molecule has 0 fully saturated rings. The van der Waals surface area contributed by atoms with Crippen LogP contribution in [0.3, 0.4) is 0 Å². The number of hydrogen-bond acceptors (Lipinski definition) is 4. The van der Waals surface area contributed by atoms with E-state index in [0.29, 0.717) is 5.95 Å². The van der Waals surface area contributed by atoms with Gasteiger partial charge in [0.15, 0.2) is 0 Å². The molecule has 2 aromatic heterocycles. The van der Waals surface area contributed by atoms with Gasteiger partial charge in [-0.1, -0.05) is 18.2 Å². The monoisotopic (exact) mass is 303 g/mol. The molecular formula is C18H17N5. The van der Waals surface area contributed by atoms with E-state index in [1.165, 1.54) is 5.39 Å². The molecule has 2 aromatic carbocycles. The first kappa shape index (κ1) is 13.7. The summed E-state index contributed by atoms with van der Waals surface area (Å²) in [5.41, 5.74) is 5.04. The van der Waals surface area contributed by atoms with Gasteiger partial charge in [0.25, 0.3) is 0 Å². The fourth-order valence-corrected chi connectivity index (χ4v) is 2.93. The van der Waals surface area contributed by atoms with Crippen molar-refractivity contribution < 1.29 is 0 Å². The Morgan fingerprint density at radius 2 is 1.74 bits per heavy atom. The van der Waals surface area contributed by atoms with Crippen LogP contribution in [-0.2, 0) is 0 Å². The van der Waals surface area contributed by atoms with E-state index in [9.17, 15) is 0 Å². The van der Waals surface area contributed by atoms with Crippen LogP contribution < -0.4 is 5.32 Å². The minimum atomic E-state index is 0.642. The van der Waals surface area contributed by atoms with Gasteiger partial charge in [0, 0.05) is 17.8 Å². The van der Waals surface area contributed by atoms with Gasteiger partial charge < -0.3 is 5.32 Å². The van der Waals surface area contributed by atoms with Gasteiger partial charge in [-0.05, 0) is 38.1 Å². The third-order valence-electron chi connectivity index (χ3n) is 4.11. The highest BCUT2D eigenvalue weighted by Gasteiger charge is 2.10. The number of nitrogens with one attached hydrogen (secondary N) is 1. The molecule has 0 atom stereocenters. The van der Waals surface area contributed by atoms with E-state index in [1.54, 1.807) is 0 Å². The largest absolute Gasteiger partial charge is 0.357 e. The fourth-order valence-electron chi connectivity index (χ4n) is 2.93. The zero-order chi connectivity index (χ0) is 16.0. The van der Waals surface area contributed by atoms with Crippen molar-refractivity contribution in [2.75, 3.05) is 12.4 Å². The van der Waals surface area contributed by atoms with E-state index in [0.717, 1.165) is 33.5 Å². The van der Waals surface area contributed by atoms with Gasteiger partial charge in [-0.25, -0.2) is 14.6 Å². The minimum Gasteiger partial charge on any atom is -0.357 e. The predicted octanol–water partition coefficient (Wildman–Crippen LogP) is 3.63. The SMILES string of the molecule is CNc1nc(C)c2cc(-n3nc(C)c4ccccc43)ccc2n1. The lowest BCUT2D eigenvalue weighted by Gasteiger charge is -2.08. The maximum atomic E-state index is 4.69. The van der Waals surface area contributed by atoms with E-state index in [1.807, 2.05) is 49.8 Å². The van der Waals surface area contributed by atoms with Crippen molar-refractivity contribution in [2.45, 2.75) is 13.8 Å². The van der Waals surface area contributed by atoms with Gasteiger partial charge in [0.2, 0.25) is 5.95 Å². The average molecular weight is 303 g/mol. The molecule has 23 heavy (non-hydrogen) atoms. The second-order valence-electron chi connectivity index (χ2n) is 5.60. The van der Waals surface area contributed by atoms with E-state index >= 15 is 0 Å². The molecule has 5 nitrogen and oxygen atoms in total. The standard InChI is InChI=1S/C18H17N5/c1-11-15-10-13(8-9-16(15)21-18(19-3)20-11)23-17-7-5-4-6-14(17)12(2)22-23/h4-10H,1-3H3,(H,19,20,21). The van der Waals surface area contributed by atoms with Crippen molar-refractivity contribution >= 4 is 27.8 Å². The van der Waals surface area contributed by atoms with Crippen molar-refractivity contribution in [2.24, 2.45) is 0 Å². The Morgan fingerprint density at radius 3 is 2.57 bits per heavy atom. The van der Waals surface area contributed by atoms with E-state index in [-0.39, 0.29) is 0 Å². The molecule has 0 spiro atoms. The number of rotatable bonds is 2. The molecular weight excluding hydrogens is 286 g/mol. The number of fused-ring (bicyclic) bond motifs is 2. The zero-order valence-corrected chi connectivity index (χ0v) is 13.3. The Morgan fingerprint density at radius 1 is 0.913 bits per heavy atom. The quantitative estimate of drug-likeness (QED) is 0.614. The summed E-state index contributed by atoms with van der Waals surface area (Å²) in [5, 5.41) is 9.90. The van der Waals surface area contributed by atoms with Crippen LogP contribution in [0, 0.1) is 13.8 Å². The first-order valence-electron chi connectivity index (χ1n) is 7.58. The van der Waals surface area contributed by atoms with Crippen LogP contribution in [-0.4, -0.2) is 26.8 Å². The number of aromatic nitrogens is 4. The summed E-state index contributed by atoms with van der Waals surface area (Å²) in [7, 11) is 1.83. The number of anilines is 1. The number of aryl methyl sites for hydroxylation is 2. The van der Waals surface area contributed by atoms with E-state index in [2.05, 4.69) is 33.5 Å². The van der Waals surface area contributed by atoms with Crippen molar-refractivity contribution in [1.29, 1.82) is 0 Å². The molecule has 0 aliphatic heterocycles. The molecule has 0 bridgehead atoms. The van der Waals surface area contributed by atoms with Crippen molar-refractivity contribution in [1.82, 2.24) is 19.7 Å². The molecule has 0 amide bonds. The van der Waals surface area contributed by atoms with Crippen molar-refractivity contribution in [3.05, 3.63) is 53.9 Å². The fraction of sp³-hybridized carbons (Fsp3) is 0.167. The van der Waals surface area contributed by atoms with Crippen molar-refractivity contribution in [3.8, 4) is 5.69 Å². The maximum Gasteiger partial charge on any atom is 0.223 e. The second kappa shape index (κ2) is 5.05. The zero-order valence-electron chi connectivity index (χ0n) is 13.3. The normalized spacial score (nSPS) is 11.3. The first-order valence-corrected chi connectivity index (χ1v) is 7.58. The Hall–Kier alpha value is -2.95. The number of hydrogen-bond donors (Lipinski definition) is 1. The van der Waals surface area contributed by atoms with Gasteiger partial charge >= 0.3 is 0 Å². The van der Waals surface area contributed by atoms with Crippen LogP contribution in [0.25, 0.3) is 27.5 Å². The Balaban J connectivity index is 1.97. The third-order valence-corrected chi connectivity index (χ3v) is 4.11. The highest BCUT2D eigenvalue weighted by molar-refractivity contribution is 5.87. The lowest BCUT2D eigenvalue weighted by atomic mass is 10.1. The predicted molar refractivity (Wildman–Crippen MR) is 93.2 cm³/mol. The molecule has 0 aliphatic rings. The topological polar surface area (TPSA) is 55.6 Å². The molecule has 0 saturated heterocycles. The molecule has 0 radical (unpaired) electrons. The highest BCUT2D eigenvalue weighted by atomic mass is 15.3. The van der Waals surface area contributed by atoms with Gasteiger partial charge in [-0.2, -0.15) is 5.10 Å².